The molecule has 0 aromatic heterocycles. The molecule has 1 aliphatic rings. The number of rotatable bonds is 4. The Kier molecular flexibility index (Phi) is 4.51. The second-order valence-electron chi connectivity index (χ2n) is 4.19. The van der Waals surface area contributed by atoms with Gasteiger partial charge in [0.25, 0.3) is 0 Å². The van der Waals surface area contributed by atoms with Crippen molar-refractivity contribution in [1.29, 1.82) is 0 Å². The number of unbranched alkanes of at least 4 members (excludes halogenated alkanes) is 1. The van der Waals surface area contributed by atoms with Gasteiger partial charge < -0.3 is 15.2 Å². The van der Waals surface area contributed by atoms with Crippen molar-refractivity contribution < 1.29 is 9.47 Å². The first kappa shape index (κ1) is 12.5. The van der Waals surface area contributed by atoms with Gasteiger partial charge in [-0.25, -0.2) is 0 Å². The van der Waals surface area contributed by atoms with E-state index < -0.39 is 0 Å². The van der Waals surface area contributed by atoms with Crippen molar-refractivity contribution in [2.24, 2.45) is 5.73 Å². The van der Waals surface area contributed by atoms with Gasteiger partial charge in [0.2, 0.25) is 0 Å². The molecule has 1 aromatic carbocycles. The summed E-state index contributed by atoms with van der Waals surface area (Å²) >= 11 is 6.23. The molecule has 0 saturated heterocycles. The number of halogens is 1. The highest BCUT2D eigenvalue weighted by atomic mass is 35.5. The van der Waals surface area contributed by atoms with Crippen LogP contribution in [0.15, 0.2) is 12.1 Å². The Morgan fingerprint density at radius 3 is 2.53 bits per heavy atom. The molecule has 4 heteroatoms. The van der Waals surface area contributed by atoms with Gasteiger partial charge in [0, 0.05) is 17.5 Å². The largest absolute Gasteiger partial charge is 0.490 e. The lowest BCUT2D eigenvalue weighted by Gasteiger charge is -2.11. The van der Waals surface area contributed by atoms with Crippen LogP contribution < -0.4 is 15.2 Å². The summed E-state index contributed by atoms with van der Waals surface area (Å²) in [6.07, 6.45) is 3.92. The molecule has 0 radical (unpaired) electrons. The Bertz CT molecular complexity index is 382. The SMILES string of the molecule is NCCCCc1cc2c(cc1Cl)OCCCO2. The van der Waals surface area contributed by atoms with Gasteiger partial charge in [0.05, 0.1) is 13.2 Å². The molecule has 17 heavy (non-hydrogen) atoms. The average Bonchev–Trinajstić information content (AvgIpc) is 2.54. The Hall–Kier alpha value is -0.930. The molecule has 2 rings (SSSR count). The van der Waals surface area contributed by atoms with E-state index in [-0.39, 0.29) is 0 Å². The lowest BCUT2D eigenvalue weighted by Crippen LogP contribution is -2.00. The number of fused-ring (bicyclic) bond motifs is 1. The first-order chi connectivity index (χ1) is 8.31. The second-order valence-corrected chi connectivity index (χ2v) is 4.59. The van der Waals surface area contributed by atoms with Crippen molar-refractivity contribution in [2.75, 3.05) is 19.8 Å². The van der Waals surface area contributed by atoms with E-state index in [2.05, 4.69) is 0 Å². The van der Waals surface area contributed by atoms with Crippen LogP contribution in [-0.2, 0) is 6.42 Å². The quantitative estimate of drug-likeness (QED) is 0.842. The number of aryl methyl sites for hydroxylation is 1. The predicted octanol–water partition coefficient (Wildman–Crippen LogP) is 2.78. The maximum Gasteiger partial charge on any atom is 0.162 e. The molecule has 0 spiro atoms. The van der Waals surface area contributed by atoms with Gasteiger partial charge in [-0.15, -0.1) is 0 Å². The summed E-state index contributed by atoms with van der Waals surface area (Å²) in [7, 11) is 0. The smallest absolute Gasteiger partial charge is 0.162 e. The molecule has 1 aliphatic heterocycles. The highest BCUT2D eigenvalue weighted by molar-refractivity contribution is 6.31. The zero-order chi connectivity index (χ0) is 12.1. The fourth-order valence-corrected chi connectivity index (χ4v) is 2.13. The maximum absolute atomic E-state index is 6.23. The van der Waals surface area contributed by atoms with Crippen molar-refractivity contribution in [2.45, 2.75) is 25.7 Å². The Labute approximate surface area is 107 Å². The normalized spacial score (nSPS) is 14.5. The summed E-state index contributed by atoms with van der Waals surface area (Å²) in [5, 5.41) is 0.756. The van der Waals surface area contributed by atoms with Crippen LogP contribution in [0.2, 0.25) is 5.02 Å². The van der Waals surface area contributed by atoms with Crippen LogP contribution in [0.25, 0.3) is 0 Å². The first-order valence-corrected chi connectivity index (χ1v) is 6.47. The van der Waals surface area contributed by atoms with Gasteiger partial charge in [-0.3, -0.25) is 0 Å². The number of ether oxygens (including phenoxy) is 2. The van der Waals surface area contributed by atoms with E-state index >= 15 is 0 Å². The topological polar surface area (TPSA) is 44.5 Å². The highest BCUT2D eigenvalue weighted by Crippen LogP contribution is 2.35. The molecule has 0 atom stereocenters. The number of benzene rings is 1. The fourth-order valence-electron chi connectivity index (χ4n) is 1.88. The monoisotopic (exact) mass is 255 g/mol. The molecule has 0 bridgehead atoms. The first-order valence-electron chi connectivity index (χ1n) is 6.09. The van der Waals surface area contributed by atoms with Gasteiger partial charge in [-0.2, -0.15) is 0 Å². The van der Waals surface area contributed by atoms with E-state index in [0.29, 0.717) is 13.2 Å². The standard InChI is InChI=1S/C13H18ClNO2/c14-11-9-13-12(16-6-3-7-17-13)8-10(11)4-1-2-5-15/h8-9H,1-7,15H2. The third kappa shape index (κ3) is 3.27. The van der Waals surface area contributed by atoms with Crippen molar-refractivity contribution in [3.8, 4) is 11.5 Å². The average molecular weight is 256 g/mol. The second kappa shape index (κ2) is 6.12. The Morgan fingerprint density at radius 1 is 1.12 bits per heavy atom. The van der Waals surface area contributed by atoms with Crippen LogP contribution in [-0.4, -0.2) is 19.8 Å². The molecule has 3 nitrogen and oxygen atoms in total. The lowest BCUT2D eigenvalue weighted by molar-refractivity contribution is 0.297. The van der Waals surface area contributed by atoms with Crippen LogP contribution in [0, 0.1) is 0 Å². The molecule has 0 amide bonds. The Morgan fingerprint density at radius 2 is 1.82 bits per heavy atom. The molecule has 0 saturated carbocycles. The summed E-state index contributed by atoms with van der Waals surface area (Å²) in [6, 6.07) is 3.86. The minimum absolute atomic E-state index is 0.690. The van der Waals surface area contributed by atoms with Crippen molar-refractivity contribution in [3.05, 3.63) is 22.7 Å². The van der Waals surface area contributed by atoms with E-state index in [1.54, 1.807) is 0 Å². The third-order valence-electron chi connectivity index (χ3n) is 2.82. The molecule has 2 N–H and O–H groups in total. The maximum atomic E-state index is 6.23. The minimum atomic E-state index is 0.690. The van der Waals surface area contributed by atoms with E-state index in [0.717, 1.165) is 54.3 Å². The van der Waals surface area contributed by atoms with Crippen LogP contribution in [0.1, 0.15) is 24.8 Å². The number of hydrogen-bond acceptors (Lipinski definition) is 3. The zero-order valence-corrected chi connectivity index (χ0v) is 10.6. The molecule has 0 unspecified atom stereocenters. The van der Waals surface area contributed by atoms with Crippen LogP contribution >= 0.6 is 11.6 Å². The molecule has 94 valence electrons. The summed E-state index contributed by atoms with van der Waals surface area (Å²) in [5.41, 5.74) is 6.60. The summed E-state index contributed by atoms with van der Waals surface area (Å²) in [5.74, 6) is 1.57. The molecule has 0 fully saturated rings. The van der Waals surface area contributed by atoms with Crippen LogP contribution in [0.4, 0.5) is 0 Å². The van der Waals surface area contributed by atoms with Crippen LogP contribution in [0.3, 0.4) is 0 Å². The molecular formula is C13H18ClNO2. The summed E-state index contributed by atoms with van der Waals surface area (Å²) in [6.45, 7) is 2.12. The van der Waals surface area contributed by atoms with E-state index in [9.17, 15) is 0 Å². The van der Waals surface area contributed by atoms with E-state index in [4.69, 9.17) is 26.8 Å². The Balaban J connectivity index is 2.14. The predicted molar refractivity (Wildman–Crippen MR) is 69.1 cm³/mol. The van der Waals surface area contributed by atoms with Crippen molar-refractivity contribution in [1.82, 2.24) is 0 Å². The van der Waals surface area contributed by atoms with Gasteiger partial charge in [0.15, 0.2) is 11.5 Å². The van der Waals surface area contributed by atoms with Gasteiger partial charge in [-0.1, -0.05) is 11.6 Å². The van der Waals surface area contributed by atoms with Gasteiger partial charge in [0.1, 0.15) is 0 Å². The van der Waals surface area contributed by atoms with Crippen molar-refractivity contribution >= 4 is 11.6 Å². The van der Waals surface area contributed by atoms with Crippen LogP contribution in [0.5, 0.6) is 11.5 Å². The minimum Gasteiger partial charge on any atom is -0.490 e. The van der Waals surface area contributed by atoms with E-state index in [1.165, 1.54) is 0 Å². The van der Waals surface area contributed by atoms with E-state index in [1.807, 2.05) is 12.1 Å². The zero-order valence-electron chi connectivity index (χ0n) is 9.88. The lowest BCUT2D eigenvalue weighted by atomic mass is 10.1. The molecule has 1 heterocycles. The molecular weight excluding hydrogens is 238 g/mol. The van der Waals surface area contributed by atoms with Gasteiger partial charge in [-0.05, 0) is 37.4 Å². The fraction of sp³-hybridized carbons (Fsp3) is 0.538. The summed E-state index contributed by atoms with van der Waals surface area (Å²) in [4.78, 5) is 0. The number of hydrogen-bond donors (Lipinski definition) is 1. The summed E-state index contributed by atoms with van der Waals surface area (Å²) < 4.78 is 11.2. The highest BCUT2D eigenvalue weighted by Gasteiger charge is 2.13. The molecule has 0 aliphatic carbocycles. The molecule has 1 aromatic rings. The van der Waals surface area contributed by atoms with Crippen molar-refractivity contribution in [3.63, 3.8) is 0 Å². The number of nitrogens with two attached hydrogens (primary N) is 1. The third-order valence-corrected chi connectivity index (χ3v) is 3.17. The van der Waals surface area contributed by atoms with Gasteiger partial charge >= 0.3 is 0 Å².